The van der Waals surface area contributed by atoms with Gasteiger partial charge in [0.05, 0.1) is 17.8 Å². The number of hydrogen-bond acceptors (Lipinski definition) is 3. The second-order valence-electron chi connectivity index (χ2n) is 4.51. The number of nitriles is 1. The Morgan fingerprint density at radius 1 is 1.14 bits per heavy atom. The zero-order valence-electron chi connectivity index (χ0n) is 11.5. The summed E-state index contributed by atoms with van der Waals surface area (Å²) in [6.45, 7) is 0. The number of rotatable bonds is 5. The van der Waals surface area contributed by atoms with Crippen LogP contribution in [-0.4, -0.2) is 12.1 Å². The molecule has 2 aromatic rings. The topological polar surface area (TPSA) is 65.2 Å². The molecule has 0 radical (unpaired) electrons. The molecular weight excluding hydrogens is 262 g/mol. The lowest BCUT2D eigenvalue weighted by atomic mass is 10.1. The van der Waals surface area contributed by atoms with Crippen molar-refractivity contribution in [1.29, 1.82) is 5.26 Å². The maximum Gasteiger partial charge on any atom is 0.240 e. The van der Waals surface area contributed by atoms with Crippen LogP contribution in [0.25, 0.3) is 0 Å². The number of aryl methyl sites for hydroxylation is 1. The Morgan fingerprint density at radius 3 is 2.52 bits per heavy atom. The first-order chi connectivity index (χ1) is 10.3. The Hall–Kier alpha value is -2.93. The van der Waals surface area contributed by atoms with Crippen molar-refractivity contribution >= 4 is 12.1 Å². The molecule has 0 saturated carbocycles. The van der Waals surface area contributed by atoms with Crippen LogP contribution in [0.15, 0.2) is 59.7 Å². The summed E-state index contributed by atoms with van der Waals surface area (Å²) in [4.78, 5) is 11.6. The Bertz CT molecular complexity index is 655. The van der Waals surface area contributed by atoms with E-state index in [9.17, 15) is 4.79 Å². The molecule has 0 aliphatic rings. The fourth-order valence-corrected chi connectivity index (χ4v) is 1.78. The number of nitrogens with zero attached hydrogens (tertiary/aromatic N) is 2. The summed E-state index contributed by atoms with van der Waals surface area (Å²) >= 11 is 0. The monoisotopic (exact) mass is 277 g/mol. The van der Waals surface area contributed by atoms with E-state index >= 15 is 0 Å². The predicted octanol–water partition coefficient (Wildman–Crippen LogP) is 2.64. The zero-order valence-corrected chi connectivity index (χ0v) is 11.5. The maximum absolute atomic E-state index is 11.6. The van der Waals surface area contributed by atoms with Gasteiger partial charge in [0.15, 0.2) is 0 Å². The highest BCUT2D eigenvalue weighted by atomic mass is 16.2. The lowest BCUT2D eigenvalue weighted by Crippen LogP contribution is -2.17. The van der Waals surface area contributed by atoms with Crippen LogP contribution in [0, 0.1) is 11.3 Å². The lowest BCUT2D eigenvalue weighted by molar-refractivity contribution is -0.121. The third-order valence-corrected chi connectivity index (χ3v) is 2.93. The fourth-order valence-electron chi connectivity index (χ4n) is 1.78. The quantitative estimate of drug-likeness (QED) is 0.674. The summed E-state index contributed by atoms with van der Waals surface area (Å²) in [6, 6.07) is 18.9. The molecule has 0 fully saturated rings. The van der Waals surface area contributed by atoms with Crippen molar-refractivity contribution in [2.45, 2.75) is 12.8 Å². The van der Waals surface area contributed by atoms with E-state index < -0.39 is 0 Å². The highest BCUT2D eigenvalue weighted by molar-refractivity contribution is 5.82. The number of hydrogen-bond donors (Lipinski definition) is 1. The number of carbonyl (C=O) groups excluding carboxylic acids is 1. The van der Waals surface area contributed by atoms with Gasteiger partial charge in [0, 0.05) is 6.42 Å². The minimum atomic E-state index is -0.122. The van der Waals surface area contributed by atoms with Crippen LogP contribution in [-0.2, 0) is 11.2 Å². The van der Waals surface area contributed by atoms with Gasteiger partial charge in [-0.2, -0.15) is 10.4 Å². The molecule has 4 nitrogen and oxygen atoms in total. The summed E-state index contributed by atoms with van der Waals surface area (Å²) in [7, 11) is 0. The van der Waals surface area contributed by atoms with Gasteiger partial charge >= 0.3 is 0 Å². The van der Waals surface area contributed by atoms with Gasteiger partial charge in [-0.15, -0.1) is 0 Å². The SMILES string of the molecule is N#Cc1ccc(C=NNC(=O)CCc2ccccc2)cc1. The van der Waals surface area contributed by atoms with E-state index in [2.05, 4.69) is 10.5 Å². The third-order valence-electron chi connectivity index (χ3n) is 2.93. The molecule has 0 aromatic heterocycles. The van der Waals surface area contributed by atoms with Gasteiger partial charge in [-0.3, -0.25) is 4.79 Å². The fraction of sp³-hybridized carbons (Fsp3) is 0.118. The molecule has 1 N–H and O–H groups in total. The van der Waals surface area contributed by atoms with Crippen LogP contribution < -0.4 is 5.43 Å². The van der Waals surface area contributed by atoms with Crippen LogP contribution in [0.2, 0.25) is 0 Å². The van der Waals surface area contributed by atoms with Crippen molar-refractivity contribution in [2.24, 2.45) is 5.10 Å². The Labute approximate surface area is 123 Å². The second kappa shape index (κ2) is 7.61. The molecular formula is C17H15N3O. The Morgan fingerprint density at radius 2 is 1.86 bits per heavy atom. The van der Waals surface area contributed by atoms with Crippen LogP contribution in [0.4, 0.5) is 0 Å². The molecule has 0 spiro atoms. The van der Waals surface area contributed by atoms with Gasteiger partial charge in [0.25, 0.3) is 0 Å². The summed E-state index contributed by atoms with van der Waals surface area (Å²) in [6.07, 6.45) is 2.65. The molecule has 21 heavy (non-hydrogen) atoms. The summed E-state index contributed by atoms with van der Waals surface area (Å²) in [5.41, 5.74) is 5.05. The van der Waals surface area contributed by atoms with E-state index in [4.69, 9.17) is 5.26 Å². The number of hydrazone groups is 1. The molecule has 2 aromatic carbocycles. The number of carbonyl (C=O) groups is 1. The highest BCUT2D eigenvalue weighted by Gasteiger charge is 2.00. The average Bonchev–Trinajstić information content (AvgIpc) is 2.54. The van der Waals surface area contributed by atoms with Crippen LogP contribution in [0.5, 0.6) is 0 Å². The van der Waals surface area contributed by atoms with E-state index in [1.165, 1.54) is 0 Å². The molecule has 104 valence electrons. The number of nitrogens with one attached hydrogen (secondary N) is 1. The van der Waals surface area contributed by atoms with Crippen molar-refractivity contribution in [2.75, 3.05) is 0 Å². The lowest BCUT2D eigenvalue weighted by Gasteiger charge is -2.00. The molecule has 0 heterocycles. The van der Waals surface area contributed by atoms with Crippen molar-refractivity contribution in [3.63, 3.8) is 0 Å². The van der Waals surface area contributed by atoms with Gasteiger partial charge in [-0.25, -0.2) is 5.43 Å². The first-order valence-corrected chi connectivity index (χ1v) is 6.64. The molecule has 0 aliphatic carbocycles. The molecule has 0 unspecified atom stereocenters. The molecule has 0 bridgehead atoms. The molecule has 0 aliphatic heterocycles. The Kier molecular flexibility index (Phi) is 5.25. The smallest absolute Gasteiger partial charge is 0.240 e. The minimum absolute atomic E-state index is 0.122. The molecule has 2 rings (SSSR count). The molecule has 0 atom stereocenters. The standard InChI is InChI=1S/C17H15N3O/c18-12-15-6-8-16(9-7-15)13-19-20-17(21)11-10-14-4-2-1-3-5-14/h1-9,13H,10-11H2,(H,20,21). The maximum atomic E-state index is 11.6. The van der Waals surface area contributed by atoms with Crippen molar-refractivity contribution < 1.29 is 4.79 Å². The molecule has 1 amide bonds. The summed E-state index contributed by atoms with van der Waals surface area (Å²) in [5, 5.41) is 12.6. The van der Waals surface area contributed by atoms with Crippen molar-refractivity contribution in [3.05, 3.63) is 71.3 Å². The van der Waals surface area contributed by atoms with Gasteiger partial charge in [0.2, 0.25) is 5.91 Å². The van der Waals surface area contributed by atoms with E-state index in [0.717, 1.165) is 11.1 Å². The minimum Gasteiger partial charge on any atom is -0.273 e. The number of amides is 1. The van der Waals surface area contributed by atoms with Crippen molar-refractivity contribution in [3.8, 4) is 6.07 Å². The predicted molar refractivity (Wildman–Crippen MR) is 81.7 cm³/mol. The van der Waals surface area contributed by atoms with Gasteiger partial charge in [-0.05, 0) is 29.7 Å². The van der Waals surface area contributed by atoms with Gasteiger partial charge in [-0.1, -0.05) is 42.5 Å². The largest absolute Gasteiger partial charge is 0.273 e. The van der Waals surface area contributed by atoms with Crippen LogP contribution in [0.1, 0.15) is 23.1 Å². The first kappa shape index (κ1) is 14.5. The van der Waals surface area contributed by atoms with E-state index in [1.54, 1.807) is 30.5 Å². The number of benzene rings is 2. The van der Waals surface area contributed by atoms with E-state index in [0.29, 0.717) is 18.4 Å². The zero-order chi connectivity index (χ0) is 14.9. The second-order valence-corrected chi connectivity index (χ2v) is 4.51. The molecule has 0 saturated heterocycles. The normalized spacial score (nSPS) is 10.2. The summed E-state index contributed by atoms with van der Waals surface area (Å²) in [5.74, 6) is -0.122. The first-order valence-electron chi connectivity index (χ1n) is 6.64. The summed E-state index contributed by atoms with van der Waals surface area (Å²) < 4.78 is 0. The Balaban J connectivity index is 1.78. The van der Waals surface area contributed by atoms with Crippen molar-refractivity contribution in [1.82, 2.24) is 5.43 Å². The third kappa shape index (κ3) is 4.92. The highest BCUT2D eigenvalue weighted by Crippen LogP contribution is 2.02. The average molecular weight is 277 g/mol. The van der Waals surface area contributed by atoms with Crippen LogP contribution in [0.3, 0.4) is 0 Å². The molecule has 4 heteroatoms. The van der Waals surface area contributed by atoms with Crippen LogP contribution >= 0.6 is 0 Å². The van der Waals surface area contributed by atoms with E-state index in [1.807, 2.05) is 36.4 Å². The van der Waals surface area contributed by atoms with Gasteiger partial charge in [0.1, 0.15) is 0 Å². The van der Waals surface area contributed by atoms with E-state index in [-0.39, 0.29) is 5.91 Å². The van der Waals surface area contributed by atoms with Gasteiger partial charge < -0.3 is 0 Å².